The fraction of sp³-hybridized carbons (Fsp3) is 0.500. The van der Waals surface area contributed by atoms with Gasteiger partial charge in [-0.25, -0.2) is 0 Å². The zero-order valence-electron chi connectivity index (χ0n) is 17.4. The van der Waals surface area contributed by atoms with Crippen molar-refractivity contribution in [2.24, 2.45) is 0 Å². The normalized spacial score (nSPS) is 17.8. The maximum absolute atomic E-state index is 10.6. The molecule has 0 unspecified atom stereocenters. The molecular formula is C24H33NO3. The molecule has 0 aliphatic carbocycles. The van der Waals surface area contributed by atoms with Gasteiger partial charge in [0.05, 0.1) is 6.10 Å². The molecule has 0 amide bonds. The summed E-state index contributed by atoms with van der Waals surface area (Å²) in [4.78, 5) is 2.31. The summed E-state index contributed by atoms with van der Waals surface area (Å²) in [7, 11) is 0. The van der Waals surface area contributed by atoms with Crippen LogP contribution in [0.5, 0.6) is 5.75 Å². The minimum atomic E-state index is -0.549. The molecule has 1 fully saturated rings. The summed E-state index contributed by atoms with van der Waals surface area (Å²) >= 11 is 0. The van der Waals surface area contributed by atoms with Gasteiger partial charge in [0, 0.05) is 26.2 Å². The van der Waals surface area contributed by atoms with E-state index in [-0.39, 0.29) is 6.10 Å². The molecule has 0 spiro atoms. The van der Waals surface area contributed by atoms with Gasteiger partial charge in [0.25, 0.3) is 0 Å². The van der Waals surface area contributed by atoms with Crippen LogP contribution in [0.2, 0.25) is 0 Å². The number of rotatable bonds is 9. The van der Waals surface area contributed by atoms with E-state index in [9.17, 15) is 5.11 Å². The quantitative estimate of drug-likeness (QED) is 0.710. The van der Waals surface area contributed by atoms with Crippen LogP contribution in [0, 0.1) is 20.8 Å². The molecule has 1 aliphatic rings. The highest BCUT2D eigenvalue weighted by Gasteiger charge is 2.22. The van der Waals surface area contributed by atoms with Gasteiger partial charge in [-0.1, -0.05) is 42.0 Å². The number of benzene rings is 2. The van der Waals surface area contributed by atoms with Gasteiger partial charge in [-0.2, -0.15) is 0 Å². The fourth-order valence-electron chi connectivity index (χ4n) is 3.80. The monoisotopic (exact) mass is 383 g/mol. The highest BCUT2D eigenvalue weighted by atomic mass is 16.5. The first-order valence-electron chi connectivity index (χ1n) is 10.3. The Hall–Kier alpha value is -1.88. The number of para-hydroxylation sites is 1. The van der Waals surface area contributed by atoms with Crippen LogP contribution >= 0.6 is 0 Å². The molecular weight excluding hydrogens is 350 g/mol. The molecule has 28 heavy (non-hydrogen) atoms. The van der Waals surface area contributed by atoms with E-state index in [0.717, 1.165) is 43.9 Å². The van der Waals surface area contributed by atoms with E-state index < -0.39 is 6.10 Å². The van der Waals surface area contributed by atoms with Gasteiger partial charge in [-0.15, -0.1) is 0 Å². The molecule has 4 nitrogen and oxygen atoms in total. The second kappa shape index (κ2) is 10.1. The number of nitrogens with zero attached hydrogens (tertiary/aromatic N) is 1. The van der Waals surface area contributed by atoms with Crippen molar-refractivity contribution < 1.29 is 14.6 Å². The zero-order chi connectivity index (χ0) is 19.9. The van der Waals surface area contributed by atoms with Crippen LogP contribution in [0.15, 0.2) is 42.5 Å². The first-order valence-corrected chi connectivity index (χ1v) is 10.3. The Balaban J connectivity index is 1.61. The first-order chi connectivity index (χ1) is 13.5. The summed E-state index contributed by atoms with van der Waals surface area (Å²) in [6.07, 6.45) is 1.93. The van der Waals surface area contributed by atoms with Crippen molar-refractivity contribution in [3.8, 4) is 5.75 Å². The van der Waals surface area contributed by atoms with E-state index in [2.05, 4.69) is 36.9 Å². The fourth-order valence-corrected chi connectivity index (χ4v) is 3.80. The molecule has 1 heterocycles. The SMILES string of the molecule is Cc1ccc(CN(C[C@H](O)COc2ccccc2C)C[C@H]2CCCO2)c(C)c1. The Morgan fingerprint density at radius 1 is 1.14 bits per heavy atom. The summed E-state index contributed by atoms with van der Waals surface area (Å²) in [6.45, 7) is 9.66. The molecule has 1 saturated heterocycles. The van der Waals surface area contributed by atoms with Crippen molar-refractivity contribution in [3.05, 3.63) is 64.7 Å². The van der Waals surface area contributed by atoms with Gasteiger partial charge in [0.15, 0.2) is 0 Å². The minimum Gasteiger partial charge on any atom is -0.491 e. The molecule has 0 saturated carbocycles. The average Bonchev–Trinajstić information content (AvgIpc) is 3.16. The Labute approximate surface area is 169 Å². The Morgan fingerprint density at radius 2 is 1.96 bits per heavy atom. The number of aryl methyl sites for hydroxylation is 3. The highest BCUT2D eigenvalue weighted by Crippen LogP contribution is 2.19. The van der Waals surface area contributed by atoms with Gasteiger partial charge < -0.3 is 14.6 Å². The van der Waals surface area contributed by atoms with Crippen molar-refractivity contribution >= 4 is 0 Å². The smallest absolute Gasteiger partial charge is 0.122 e. The molecule has 2 aromatic carbocycles. The predicted molar refractivity (Wildman–Crippen MR) is 113 cm³/mol. The topological polar surface area (TPSA) is 41.9 Å². The van der Waals surface area contributed by atoms with Gasteiger partial charge in [-0.3, -0.25) is 4.90 Å². The molecule has 2 aromatic rings. The molecule has 2 atom stereocenters. The molecule has 0 radical (unpaired) electrons. The van der Waals surface area contributed by atoms with E-state index in [0.29, 0.717) is 13.2 Å². The van der Waals surface area contributed by atoms with Gasteiger partial charge in [-0.05, 0) is 56.4 Å². The van der Waals surface area contributed by atoms with Crippen molar-refractivity contribution in [1.29, 1.82) is 0 Å². The van der Waals surface area contributed by atoms with Crippen LogP contribution in [-0.2, 0) is 11.3 Å². The Bertz CT molecular complexity index is 755. The molecule has 1 aliphatic heterocycles. The lowest BCUT2D eigenvalue weighted by Gasteiger charge is -2.28. The number of hydrogen-bond acceptors (Lipinski definition) is 4. The summed E-state index contributed by atoms with van der Waals surface area (Å²) < 4.78 is 11.7. The molecule has 0 aromatic heterocycles. The molecule has 0 bridgehead atoms. The molecule has 1 N–H and O–H groups in total. The minimum absolute atomic E-state index is 0.259. The van der Waals surface area contributed by atoms with E-state index in [1.165, 1.54) is 16.7 Å². The van der Waals surface area contributed by atoms with Gasteiger partial charge in [0.1, 0.15) is 18.5 Å². The van der Waals surface area contributed by atoms with Crippen molar-refractivity contribution in [2.75, 3.05) is 26.3 Å². The maximum atomic E-state index is 10.6. The Kier molecular flexibility index (Phi) is 7.49. The summed E-state index contributed by atoms with van der Waals surface area (Å²) in [6, 6.07) is 14.5. The van der Waals surface area contributed by atoms with Crippen LogP contribution < -0.4 is 4.74 Å². The third-order valence-electron chi connectivity index (χ3n) is 5.37. The molecule has 4 heteroatoms. The lowest BCUT2D eigenvalue weighted by atomic mass is 10.0. The average molecular weight is 384 g/mol. The second-order valence-electron chi connectivity index (χ2n) is 7.99. The van der Waals surface area contributed by atoms with Crippen LogP contribution in [0.1, 0.15) is 35.1 Å². The van der Waals surface area contributed by atoms with Crippen LogP contribution in [0.3, 0.4) is 0 Å². The maximum Gasteiger partial charge on any atom is 0.122 e. The molecule has 152 valence electrons. The van der Waals surface area contributed by atoms with Crippen molar-refractivity contribution in [1.82, 2.24) is 4.90 Å². The van der Waals surface area contributed by atoms with Gasteiger partial charge in [0.2, 0.25) is 0 Å². The Morgan fingerprint density at radius 3 is 2.68 bits per heavy atom. The lowest BCUT2D eigenvalue weighted by Crippen LogP contribution is -2.39. The highest BCUT2D eigenvalue weighted by molar-refractivity contribution is 5.32. The third-order valence-corrected chi connectivity index (χ3v) is 5.37. The lowest BCUT2D eigenvalue weighted by molar-refractivity contribution is 0.0312. The van der Waals surface area contributed by atoms with E-state index >= 15 is 0 Å². The number of hydrogen-bond donors (Lipinski definition) is 1. The standard InChI is InChI=1S/C24H33NO3/c1-18-10-11-21(20(3)13-18)14-25(16-23-8-6-12-27-23)15-22(26)17-28-24-9-5-4-7-19(24)2/h4-5,7,9-11,13,22-23,26H,6,8,12,14-17H2,1-3H3/t22-,23+/m0/s1. The van der Waals surface area contributed by atoms with Crippen LogP contribution in [0.4, 0.5) is 0 Å². The molecule has 3 rings (SSSR count). The van der Waals surface area contributed by atoms with Crippen molar-refractivity contribution in [2.45, 2.75) is 52.4 Å². The third kappa shape index (κ3) is 6.06. The second-order valence-corrected chi connectivity index (χ2v) is 7.99. The summed E-state index contributed by atoms with van der Waals surface area (Å²) in [5, 5.41) is 10.6. The van der Waals surface area contributed by atoms with E-state index in [4.69, 9.17) is 9.47 Å². The van der Waals surface area contributed by atoms with E-state index in [1.807, 2.05) is 31.2 Å². The number of aliphatic hydroxyl groups is 1. The summed E-state index contributed by atoms with van der Waals surface area (Å²) in [5.74, 6) is 0.835. The van der Waals surface area contributed by atoms with Crippen molar-refractivity contribution in [3.63, 3.8) is 0 Å². The number of ether oxygens (including phenoxy) is 2. The largest absolute Gasteiger partial charge is 0.491 e. The van der Waals surface area contributed by atoms with Gasteiger partial charge >= 0.3 is 0 Å². The van der Waals surface area contributed by atoms with Crippen LogP contribution in [-0.4, -0.2) is 48.5 Å². The predicted octanol–water partition coefficient (Wildman–Crippen LogP) is 4.03. The van der Waals surface area contributed by atoms with E-state index in [1.54, 1.807) is 0 Å². The first kappa shape index (κ1) is 20.8. The van der Waals surface area contributed by atoms with Crippen LogP contribution in [0.25, 0.3) is 0 Å². The zero-order valence-corrected chi connectivity index (χ0v) is 17.4. The number of aliphatic hydroxyl groups excluding tert-OH is 1. The summed E-state index contributed by atoms with van der Waals surface area (Å²) in [5.41, 5.74) is 4.96.